The van der Waals surface area contributed by atoms with Crippen molar-refractivity contribution in [2.45, 2.75) is 44.7 Å². The lowest BCUT2D eigenvalue weighted by Crippen LogP contribution is -2.51. The van der Waals surface area contributed by atoms with E-state index in [2.05, 4.69) is 4.90 Å². The molecule has 1 heterocycles. The Hall–Kier alpha value is -0.610. The van der Waals surface area contributed by atoms with Gasteiger partial charge in [-0.3, -0.25) is 9.69 Å². The summed E-state index contributed by atoms with van der Waals surface area (Å²) in [6, 6.07) is -0.0600. The van der Waals surface area contributed by atoms with Gasteiger partial charge in [-0.25, -0.2) is 0 Å². The van der Waals surface area contributed by atoms with Gasteiger partial charge >= 0.3 is 5.97 Å². The number of nitrogens with zero attached hydrogens (tertiary/aromatic N) is 1. The van der Waals surface area contributed by atoms with Crippen molar-refractivity contribution in [3.63, 3.8) is 0 Å². The summed E-state index contributed by atoms with van der Waals surface area (Å²) in [6.45, 7) is 3.46. The van der Waals surface area contributed by atoms with Crippen LogP contribution in [0.1, 0.15) is 32.6 Å². The number of hydrogen-bond donors (Lipinski definition) is 1. The summed E-state index contributed by atoms with van der Waals surface area (Å²) in [7, 11) is 1.68. The van der Waals surface area contributed by atoms with E-state index in [1.54, 1.807) is 7.11 Å². The Morgan fingerprint density at radius 1 is 1.60 bits per heavy atom. The summed E-state index contributed by atoms with van der Waals surface area (Å²) >= 11 is 0. The van der Waals surface area contributed by atoms with Crippen molar-refractivity contribution in [3.8, 4) is 0 Å². The van der Waals surface area contributed by atoms with E-state index in [0.717, 1.165) is 19.4 Å². The summed E-state index contributed by atoms with van der Waals surface area (Å²) < 4.78 is 5.15. The van der Waals surface area contributed by atoms with Crippen LogP contribution >= 0.6 is 0 Å². The zero-order chi connectivity index (χ0) is 11.3. The third-order valence-electron chi connectivity index (χ3n) is 3.10. The minimum Gasteiger partial charge on any atom is -0.480 e. The molecule has 0 aromatic heterocycles. The predicted octanol–water partition coefficient (Wildman–Crippen LogP) is 1.35. The van der Waals surface area contributed by atoms with Crippen molar-refractivity contribution in [2.75, 3.05) is 20.3 Å². The zero-order valence-electron chi connectivity index (χ0n) is 9.61. The van der Waals surface area contributed by atoms with Crippen LogP contribution in [0, 0.1) is 0 Å². The fourth-order valence-electron chi connectivity index (χ4n) is 2.36. The fourth-order valence-corrected chi connectivity index (χ4v) is 2.36. The lowest BCUT2D eigenvalue weighted by atomic mass is 9.99. The van der Waals surface area contributed by atoms with Gasteiger partial charge in [0.1, 0.15) is 6.04 Å². The Balaban J connectivity index is 2.64. The third-order valence-corrected chi connectivity index (χ3v) is 3.10. The van der Waals surface area contributed by atoms with Crippen LogP contribution in [0.5, 0.6) is 0 Å². The van der Waals surface area contributed by atoms with Gasteiger partial charge in [0.05, 0.1) is 6.61 Å². The van der Waals surface area contributed by atoms with Crippen molar-refractivity contribution < 1.29 is 14.6 Å². The Labute approximate surface area is 91.2 Å². The van der Waals surface area contributed by atoms with Gasteiger partial charge in [0.25, 0.3) is 0 Å². The van der Waals surface area contributed by atoms with E-state index in [9.17, 15) is 4.79 Å². The zero-order valence-corrected chi connectivity index (χ0v) is 9.61. The molecular weight excluding hydrogens is 194 g/mol. The molecule has 88 valence electrons. The first-order chi connectivity index (χ1) is 7.20. The monoisotopic (exact) mass is 215 g/mol. The van der Waals surface area contributed by atoms with Gasteiger partial charge < -0.3 is 9.84 Å². The number of hydrogen-bond acceptors (Lipinski definition) is 3. The van der Waals surface area contributed by atoms with Gasteiger partial charge in [-0.05, 0) is 25.8 Å². The van der Waals surface area contributed by atoms with Crippen LogP contribution < -0.4 is 0 Å². The maximum absolute atomic E-state index is 11.1. The number of ether oxygens (including phenoxy) is 1. The highest BCUT2D eigenvalue weighted by molar-refractivity contribution is 5.73. The quantitative estimate of drug-likeness (QED) is 0.752. The Kier molecular flexibility index (Phi) is 5.05. The van der Waals surface area contributed by atoms with Crippen LogP contribution in [0.4, 0.5) is 0 Å². The van der Waals surface area contributed by atoms with Crippen LogP contribution in [0.3, 0.4) is 0 Å². The number of carboxylic acid groups (broad SMARTS) is 1. The van der Waals surface area contributed by atoms with Crippen LogP contribution in [0.2, 0.25) is 0 Å². The van der Waals surface area contributed by atoms with Gasteiger partial charge in [-0.2, -0.15) is 0 Å². The van der Waals surface area contributed by atoms with E-state index in [-0.39, 0.29) is 12.1 Å². The van der Waals surface area contributed by atoms with Crippen LogP contribution in [-0.2, 0) is 9.53 Å². The lowest BCUT2D eigenvalue weighted by Gasteiger charge is -2.38. The minimum atomic E-state index is -0.708. The molecule has 1 aliphatic heterocycles. The van der Waals surface area contributed by atoms with E-state index < -0.39 is 5.97 Å². The molecule has 0 aliphatic carbocycles. The van der Waals surface area contributed by atoms with E-state index in [1.165, 1.54) is 6.42 Å². The van der Waals surface area contributed by atoms with Crippen molar-refractivity contribution in [3.05, 3.63) is 0 Å². The Morgan fingerprint density at radius 3 is 2.87 bits per heavy atom. The van der Waals surface area contributed by atoms with E-state index in [1.807, 2.05) is 6.92 Å². The van der Waals surface area contributed by atoms with E-state index in [4.69, 9.17) is 9.84 Å². The van der Waals surface area contributed by atoms with Crippen LogP contribution in [-0.4, -0.2) is 48.3 Å². The molecule has 4 heteroatoms. The van der Waals surface area contributed by atoms with Crippen molar-refractivity contribution >= 4 is 5.97 Å². The molecule has 1 fully saturated rings. The Bertz CT molecular complexity index is 206. The van der Waals surface area contributed by atoms with Gasteiger partial charge in [0.15, 0.2) is 0 Å². The molecule has 0 aromatic carbocycles. The molecule has 1 saturated heterocycles. The molecule has 1 N–H and O–H groups in total. The summed E-state index contributed by atoms with van der Waals surface area (Å²) in [4.78, 5) is 13.2. The molecule has 4 nitrogen and oxygen atoms in total. The maximum atomic E-state index is 11.1. The summed E-state index contributed by atoms with van der Waals surface area (Å²) in [5, 5.41) is 9.13. The number of piperidine rings is 1. The molecule has 0 saturated carbocycles. The van der Waals surface area contributed by atoms with Gasteiger partial charge in [0, 0.05) is 13.2 Å². The Morgan fingerprint density at radius 2 is 2.33 bits per heavy atom. The number of rotatable bonds is 5. The fraction of sp³-hybridized carbons (Fsp3) is 0.909. The second kappa shape index (κ2) is 6.08. The maximum Gasteiger partial charge on any atom is 0.320 e. The molecule has 0 radical (unpaired) electrons. The minimum absolute atomic E-state index is 0.282. The highest BCUT2D eigenvalue weighted by Crippen LogP contribution is 2.21. The van der Waals surface area contributed by atoms with Gasteiger partial charge in [0.2, 0.25) is 0 Å². The molecular formula is C11H21NO3. The number of likely N-dealkylation sites (tertiary alicyclic amines) is 1. The molecule has 0 unspecified atom stereocenters. The standard InChI is InChI=1S/C11H21NO3/c1-3-10(11(13)14)12-7-5-4-6-9(12)8-15-2/h9-10H,3-8H2,1-2H3,(H,13,14)/t9-,10-/m0/s1. The largest absolute Gasteiger partial charge is 0.480 e. The smallest absolute Gasteiger partial charge is 0.320 e. The van der Waals surface area contributed by atoms with Crippen molar-refractivity contribution in [1.29, 1.82) is 0 Å². The summed E-state index contributed by atoms with van der Waals surface area (Å²) in [5.41, 5.74) is 0. The number of carboxylic acids is 1. The summed E-state index contributed by atoms with van der Waals surface area (Å²) in [6.07, 6.45) is 4.00. The molecule has 0 amide bonds. The topological polar surface area (TPSA) is 49.8 Å². The van der Waals surface area contributed by atoms with E-state index >= 15 is 0 Å². The van der Waals surface area contributed by atoms with Crippen molar-refractivity contribution in [2.24, 2.45) is 0 Å². The molecule has 1 rings (SSSR count). The first-order valence-electron chi connectivity index (χ1n) is 5.68. The SMILES string of the molecule is CC[C@@H](C(=O)O)N1CCCC[C@H]1COC. The highest BCUT2D eigenvalue weighted by atomic mass is 16.5. The van der Waals surface area contributed by atoms with Crippen molar-refractivity contribution in [1.82, 2.24) is 4.90 Å². The summed E-state index contributed by atoms with van der Waals surface area (Å²) in [5.74, 6) is -0.708. The average molecular weight is 215 g/mol. The normalized spacial score (nSPS) is 25.1. The average Bonchev–Trinajstić information content (AvgIpc) is 2.21. The predicted molar refractivity (Wildman–Crippen MR) is 57.9 cm³/mol. The molecule has 2 atom stereocenters. The molecule has 1 aliphatic rings. The first-order valence-corrected chi connectivity index (χ1v) is 5.68. The second-order valence-electron chi connectivity index (χ2n) is 4.11. The lowest BCUT2D eigenvalue weighted by molar-refractivity contribution is -0.145. The number of carbonyl (C=O) groups is 1. The van der Waals surface area contributed by atoms with Gasteiger partial charge in [-0.1, -0.05) is 13.3 Å². The van der Waals surface area contributed by atoms with Gasteiger partial charge in [-0.15, -0.1) is 0 Å². The molecule has 0 spiro atoms. The number of methoxy groups -OCH3 is 1. The van der Waals surface area contributed by atoms with E-state index in [0.29, 0.717) is 13.0 Å². The first kappa shape index (κ1) is 12.5. The second-order valence-corrected chi connectivity index (χ2v) is 4.11. The van der Waals surface area contributed by atoms with Crippen LogP contribution in [0.15, 0.2) is 0 Å². The highest BCUT2D eigenvalue weighted by Gasteiger charge is 2.31. The third kappa shape index (κ3) is 3.18. The van der Waals surface area contributed by atoms with Crippen LogP contribution in [0.25, 0.3) is 0 Å². The molecule has 15 heavy (non-hydrogen) atoms. The molecule has 0 aromatic rings. The number of aliphatic carboxylic acids is 1. The molecule has 0 bridgehead atoms.